The predicted octanol–water partition coefficient (Wildman–Crippen LogP) is 4.18. The number of nitrogens with one attached hydrogen (secondary N) is 1. The van der Waals surface area contributed by atoms with Gasteiger partial charge >= 0.3 is 0 Å². The lowest BCUT2D eigenvalue weighted by molar-refractivity contribution is -0.121. The first-order valence-electron chi connectivity index (χ1n) is 11.3. The fraction of sp³-hybridized carbons (Fsp3) is 0.333. The Kier molecular flexibility index (Phi) is 8.58. The van der Waals surface area contributed by atoms with Crippen LogP contribution in [0.15, 0.2) is 65.8 Å². The molecule has 0 spiro atoms. The summed E-state index contributed by atoms with van der Waals surface area (Å²) in [5.41, 5.74) is 5.79. The van der Waals surface area contributed by atoms with Crippen molar-refractivity contribution in [3.63, 3.8) is 0 Å². The monoisotopic (exact) mass is 446 g/mol. The van der Waals surface area contributed by atoms with Crippen LogP contribution in [-0.2, 0) is 11.3 Å². The van der Waals surface area contributed by atoms with E-state index in [1.165, 1.54) is 17.3 Å². The average molecular weight is 447 g/mol. The molecule has 2 N–H and O–H groups in total. The smallest absolute Gasteiger partial charge is 0.254 e. The molecule has 0 bridgehead atoms. The fourth-order valence-electron chi connectivity index (χ4n) is 3.69. The van der Waals surface area contributed by atoms with Crippen LogP contribution in [0, 0.1) is 0 Å². The summed E-state index contributed by atoms with van der Waals surface area (Å²) < 4.78 is 0. The number of hydrogen-bond donors (Lipinski definition) is 2. The molecule has 0 aliphatic rings. The van der Waals surface area contributed by atoms with Gasteiger partial charge in [0.05, 0.1) is 12.8 Å². The SMILES string of the molecule is CC(C)c1ccc(CN(C)CCN(C)CC(=O)NN=Cc2c(O)ccc3ccccc23)cc1. The highest BCUT2D eigenvalue weighted by atomic mass is 16.3. The van der Waals surface area contributed by atoms with E-state index in [0.29, 0.717) is 11.5 Å². The lowest BCUT2D eigenvalue weighted by Gasteiger charge is -2.21. The van der Waals surface area contributed by atoms with Crippen molar-refractivity contribution < 1.29 is 9.90 Å². The zero-order chi connectivity index (χ0) is 23.8. The number of amides is 1. The molecule has 33 heavy (non-hydrogen) atoms. The number of likely N-dealkylation sites (N-methyl/N-ethyl adjacent to an activating group) is 2. The summed E-state index contributed by atoms with van der Waals surface area (Å²) in [7, 11) is 4.01. The van der Waals surface area contributed by atoms with Crippen LogP contribution in [0.3, 0.4) is 0 Å². The maximum atomic E-state index is 12.3. The number of rotatable bonds is 10. The van der Waals surface area contributed by atoms with Gasteiger partial charge in [0, 0.05) is 25.2 Å². The van der Waals surface area contributed by atoms with E-state index in [9.17, 15) is 9.90 Å². The van der Waals surface area contributed by atoms with Crippen molar-refractivity contribution in [2.75, 3.05) is 33.7 Å². The molecule has 1 amide bonds. The van der Waals surface area contributed by atoms with Crippen LogP contribution in [0.4, 0.5) is 0 Å². The Hall–Kier alpha value is -3.22. The van der Waals surface area contributed by atoms with Crippen molar-refractivity contribution in [1.29, 1.82) is 0 Å². The van der Waals surface area contributed by atoms with Crippen LogP contribution in [0.25, 0.3) is 10.8 Å². The molecule has 0 saturated carbocycles. The summed E-state index contributed by atoms with van der Waals surface area (Å²) in [6, 6.07) is 20.0. The number of fused-ring (bicyclic) bond motifs is 1. The molecular weight excluding hydrogens is 412 g/mol. The molecule has 0 heterocycles. The molecule has 0 atom stereocenters. The topological polar surface area (TPSA) is 68.2 Å². The van der Waals surface area contributed by atoms with Crippen LogP contribution in [0.5, 0.6) is 5.75 Å². The van der Waals surface area contributed by atoms with E-state index in [4.69, 9.17) is 0 Å². The van der Waals surface area contributed by atoms with Gasteiger partial charge in [-0.05, 0) is 48.0 Å². The number of carbonyl (C=O) groups excluding carboxylic acids is 1. The second-order valence-electron chi connectivity index (χ2n) is 8.88. The Balaban J connectivity index is 1.44. The van der Waals surface area contributed by atoms with Crippen LogP contribution >= 0.6 is 0 Å². The normalized spacial score (nSPS) is 11.8. The minimum Gasteiger partial charge on any atom is -0.507 e. The van der Waals surface area contributed by atoms with Crippen LogP contribution in [-0.4, -0.2) is 60.8 Å². The predicted molar refractivity (Wildman–Crippen MR) is 136 cm³/mol. The van der Waals surface area contributed by atoms with E-state index in [-0.39, 0.29) is 18.2 Å². The number of hydrazone groups is 1. The lowest BCUT2D eigenvalue weighted by Crippen LogP contribution is -2.37. The molecule has 0 fully saturated rings. The van der Waals surface area contributed by atoms with Crippen molar-refractivity contribution >= 4 is 22.9 Å². The Morgan fingerprint density at radius 1 is 1.00 bits per heavy atom. The summed E-state index contributed by atoms with van der Waals surface area (Å²) in [5, 5.41) is 16.1. The first-order valence-corrected chi connectivity index (χ1v) is 11.3. The molecule has 3 aromatic carbocycles. The first kappa shape index (κ1) is 24.4. The number of carbonyl (C=O) groups is 1. The van der Waals surface area contributed by atoms with Gasteiger partial charge in [-0.1, -0.05) is 68.4 Å². The number of phenols is 1. The number of benzene rings is 3. The highest BCUT2D eigenvalue weighted by molar-refractivity contribution is 6.02. The summed E-state index contributed by atoms with van der Waals surface area (Å²) in [4.78, 5) is 16.5. The molecule has 6 heteroatoms. The molecular formula is C27H34N4O2. The Labute approximate surface area is 196 Å². The van der Waals surface area contributed by atoms with Gasteiger partial charge in [-0.25, -0.2) is 5.43 Å². The van der Waals surface area contributed by atoms with Crippen molar-refractivity contribution in [2.24, 2.45) is 5.10 Å². The third-order valence-electron chi connectivity index (χ3n) is 5.71. The zero-order valence-corrected chi connectivity index (χ0v) is 20.0. The summed E-state index contributed by atoms with van der Waals surface area (Å²) in [6.07, 6.45) is 1.49. The molecule has 0 unspecified atom stereocenters. The maximum Gasteiger partial charge on any atom is 0.254 e. The summed E-state index contributed by atoms with van der Waals surface area (Å²) >= 11 is 0. The summed E-state index contributed by atoms with van der Waals surface area (Å²) in [6.45, 7) is 7.13. The summed E-state index contributed by atoms with van der Waals surface area (Å²) in [5.74, 6) is 0.477. The van der Waals surface area contributed by atoms with Crippen molar-refractivity contribution in [3.05, 3.63) is 77.4 Å². The number of hydrogen-bond acceptors (Lipinski definition) is 5. The quantitative estimate of drug-likeness (QED) is 0.362. The van der Waals surface area contributed by atoms with Gasteiger partial charge in [0.15, 0.2) is 0 Å². The number of phenolic OH excluding ortho intramolecular Hbond substituents is 1. The van der Waals surface area contributed by atoms with Crippen LogP contribution < -0.4 is 5.43 Å². The standard InChI is InChI=1S/C27H34N4O2/c1-20(2)22-11-9-21(10-12-22)18-30(3)15-16-31(4)19-27(33)29-28-17-25-24-8-6-5-7-23(24)13-14-26(25)32/h5-14,17,20,32H,15-16,18-19H2,1-4H3,(H,29,33). The van der Waals surface area contributed by atoms with Crippen molar-refractivity contribution in [3.8, 4) is 5.75 Å². The molecule has 6 nitrogen and oxygen atoms in total. The van der Waals surface area contributed by atoms with Crippen molar-refractivity contribution in [2.45, 2.75) is 26.3 Å². The Morgan fingerprint density at radius 3 is 2.42 bits per heavy atom. The maximum absolute atomic E-state index is 12.3. The highest BCUT2D eigenvalue weighted by Crippen LogP contribution is 2.25. The fourth-order valence-corrected chi connectivity index (χ4v) is 3.69. The minimum absolute atomic E-state index is 0.130. The Morgan fingerprint density at radius 2 is 1.70 bits per heavy atom. The van der Waals surface area contributed by atoms with Gasteiger partial charge in [-0.2, -0.15) is 5.10 Å². The van der Waals surface area contributed by atoms with Gasteiger partial charge in [0.25, 0.3) is 5.91 Å². The molecule has 0 saturated heterocycles. The van der Waals surface area contributed by atoms with E-state index in [1.807, 2.05) is 42.3 Å². The van der Waals surface area contributed by atoms with Crippen LogP contribution in [0.2, 0.25) is 0 Å². The number of aromatic hydroxyl groups is 1. The molecule has 0 aromatic heterocycles. The van der Waals surface area contributed by atoms with E-state index in [2.05, 4.69) is 60.6 Å². The largest absolute Gasteiger partial charge is 0.507 e. The van der Waals surface area contributed by atoms with Gasteiger partial charge in [0.2, 0.25) is 0 Å². The molecule has 3 aromatic rings. The van der Waals surface area contributed by atoms with Crippen LogP contribution in [0.1, 0.15) is 36.5 Å². The van der Waals surface area contributed by atoms with Crippen molar-refractivity contribution in [1.82, 2.24) is 15.2 Å². The molecule has 174 valence electrons. The minimum atomic E-state index is -0.194. The third-order valence-corrected chi connectivity index (χ3v) is 5.71. The Bertz CT molecular complexity index is 1090. The molecule has 3 rings (SSSR count). The molecule has 0 aliphatic heterocycles. The van der Waals surface area contributed by atoms with E-state index in [0.717, 1.165) is 30.4 Å². The van der Waals surface area contributed by atoms with Gasteiger partial charge in [0.1, 0.15) is 5.75 Å². The molecule has 0 radical (unpaired) electrons. The first-order chi connectivity index (χ1) is 15.8. The van der Waals surface area contributed by atoms with E-state index < -0.39 is 0 Å². The average Bonchev–Trinajstić information content (AvgIpc) is 2.79. The zero-order valence-electron chi connectivity index (χ0n) is 20.0. The molecule has 0 aliphatic carbocycles. The van der Waals surface area contributed by atoms with Gasteiger partial charge < -0.3 is 10.0 Å². The number of nitrogens with zero attached hydrogens (tertiary/aromatic N) is 3. The highest BCUT2D eigenvalue weighted by Gasteiger charge is 2.09. The van der Waals surface area contributed by atoms with Gasteiger partial charge in [-0.15, -0.1) is 0 Å². The second-order valence-corrected chi connectivity index (χ2v) is 8.88. The lowest BCUT2D eigenvalue weighted by atomic mass is 10.0. The second kappa shape index (κ2) is 11.6. The third kappa shape index (κ3) is 7.14. The van der Waals surface area contributed by atoms with Gasteiger partial charge in [-0.3, -0.25) is 9.69 Å². The van der Waals surface area contributed by atoms with E-state index in [1.54, 1.807) is 6.07 Å². The van der Waals surface area contributed by atoms with E-state index >= 15 is 0 Å².